The first kappa shape index (κ1) is 22.8. The number of rotatable bonds is 5. The van der Waals surface area contributed by atoms with Crippen molar-refractivity contribution in [2.45, 2.75) is 37.3 Å². The monoisotopic (exact) mass is 467 g/mol. The van der Waals surface area contributed by atoms with Crippen molar-refractivity contribution in [2.24, 2.45) is 0 Å². The van der Waals surface area contributed by atoms with Crippen LogP contribution in [0.2, 0.25) is 0 Å². The van der Waals surface area contributed by atoms with E-state index in [2.05, 4.69) is 29.2 Å². The molecule has 2 atom stereocenters. The van der Waals surface area contributed by atoms with E-state index < -0.39 is 11.7 Å². The zero-order valence-corrected chi connectivity index (χ0v) is 18.9. The number of phenolic OH excluding ortho intramolecular Hbond substituents is 1. The number of hydrogen-bond donors (Lipinski definition) is 1. The minimum absolute atomic E-state index is 0.139. The number of phenols is 1. The van der Waals surface area contributed by atoms with E-state index >= 15 is 0 Å². The second-order valence-electron chi connectivity index (χ2n) is 9.28. The minimum Gasteiger partial charge on any atom is -0.508 e. The number of likely N-dealkylation sites (tertiary alicyclic amines) is 1. The van der Waals surface area contributed by atoms with Crippen molar-refractivity contribution in [3.8, 4) is 11.5 Å². The van der Waals surface area contributed by atoms with E-state index in [4.69, 9.17) is 4.74 Å². The van der Waals surface area contributed by atoms with Crippen LogP contribution in [-0.2, 0) is 12.6 Å². The van der Waals surface area contributed by atoms with E-state index in [1.165, 1.54) is 31.5 Å². The normalized spacial score (nSPS) is 20.7. The van der Waals surface area contributed by atoms with Gasteiger partial charge in [-0.05, 0) is 79.4 Å². The lowest BCUT2D eigenvalue weighted by Gasteiger charge is -2.34. The molecule has 0 radical (unpaired) electrons. The molecular weight excluding hydrogens is 439 g/mol. The van der Waals surface area contributed by atoms with E-state index in [9.17, 15) is 18.3 Å². The molecule has 1 saturated heterocycles. The molecule has 5 rings (SSSR count). The number of aromatic hydroxyl groups is 1. The molecule has 2 heterocycles. The van der Waals surface area contributed by atoms with Crippen LogP contribution in [0.4, 0.5) is 13.2 Å². The molecule has 0 saturated carbocycles. The second kappa shape index (κ2) is 9.34. The summed E-state index contributed by atoms with van der Waals surface area (Å²) in [6, 6.07) is 18.9. The molecule has 0 aromatic heterocycles. The van der Waals surface area contributed by atoms with Gasteiger partial charge in [-0.25, -0.2) is 0 Å². The predicted molar refractivity (Wildman–Crippen MR) is 125 cm³/mol. The van der Waals surface area contributed by atoms with Crippen molar-refractivity contribution >= 4 is 0 Å². The highest BCUT2D eigenvalue weighted by atomic mass is 19.4. The van der Waals surface area contributed by atoms with Gasteiger partial charge >= 0.3 is 6.18 Å². The average Bonchev–Trinajstić information content (AvgIpc) is 3.36. The first-order valence-corrected chi connectivity index (χ1v) is 11.8. The largest absolute Gasteiger partial charge is 0.508 e. The van der Waals surface area contributed by atoms with Gasteiger partial charge in [0.05, 0.1) is 12.2 Å². The van der Waals surface area contributed by atoms with Crippen LogP contribution in [0.3, 0.4) is 0 Å². The molecule has 3 aromatic rings. The third-order valence-corrected chi connectivity index (χ3v) is 7.07. The molecule has 0 spiro atoms. The Hall–Kier alpha value is -2.99. The number of alkyl halides is 3. The van der Waals surface area contributed by atoms with Gasteiger partial charge in [0, 0.05) is 23.9 Å². The molecule has 1 unspecified atom stereocenters. The van der Waals surface area contributed by atoms with E-state index in [1.54, 1.807) is 30.3 Å². The van der Waals surface area contributed by atoms with Gasteiger partial charge in [-0.15, -0.1) is 0 Å². The quantitative estimate of drug-likeness (QED) is 0.474. The maximum absolute atomic E-state index is 13.1. The summed E-state index contributed by atoms with van der Waals surface area (Å²) in [5.41, 5.74) is 3.30. The van der Waals surface area contributed by atoms with E-state index in [-0.39, 0.29) is 17.6 Å². The van der Waals surface area contributed by atoms with Gasteiger partial charge < -0.3 is 14.7 Å². The Labute approximate surface area is 197 Å². The predicted octanol–water partition coefficient (Wildman–Crippen LogP) is 6.36. The number of halogens is 3. The lowest BCUT2D eigenvalue weighted by molar-refractivity contribution is -0.137. The third-order valence-electron chi connectivity index (χ3n) is 7.07. The Kier molecular flexibility index (Phi) is 6.26. The summed E-state index contributed by atoms with van der Waals surface area (Å²) in [7, 11) is 0. The fourth-order valence-corrected chi connectivity index (χ4v) is 5.21. The summed E-state index contributed by atoms with van der Waals surface area (Å²) < 4.78 is 45.2. The Morgan fingerprint density at radius 3 is 2.24 bits per heavy atom. The highest BCUT2D eigenvalue weighted by molar-refractivity contribution is 5.51. The maximum Gasteiger partial charge on any atom is 0.416 e. The number of fused-ring (bicyclic) bond motifs is 1. The van der Waals surface area contributed by atoms with Crippen LogP contribution in [-0.4, -0.2) is 36.2 Å². The number of benzene rings is 3. The Balaban J connectivity index is 1.45. The Bertz CT molecular complexity index is 1120. The van der Waals surface area contributed by atoms with Crippen LogP contribution in [0.5, 0.6) is 11.5 Å². The maximum atomic E-state index is 13.1. The Morgan fingerprint density at radius 2 is 1.56 bits per heavy atom. The first-order chi connectivity index (χ1) is 16.4. The third kappa shape index (κ3) is 4.78. The molecule has 0 aliphatic carbocycles. The second-order valence-corrected chi connectivity index (χ2v) is 9.28. The molecule has 34 heavy (non-hydrogen) atoms. The highest BCUT2D eigenvalue weighted by Gasteiger charge is 2.35. The lowest BCUT2D eigenvalue weighted by Crippen LogP contribution is -2.25. The molecule has 178 valence electrons. The van der Waals surface area contributed by atoms with Gasteiger partial charge in [-0.1, -0.05) is 36.4 Å². The van der Waals surface area contributed by atoms with Crippen LogP contribution >= 0.6 is 0 Å². The summed E-state index contributed by atoms with van der Waals surface area (Å²) in [5.74, 6) is 0.527. The smallest absolute Gasteiger partial charge is 0.416 e. The van der Waals surface area contributed by atoms with Crippen molar-refractivity contribution in [2.75, 3.05) is 26.2 Å². The molecule has 1 N–H and O–H groups in total. The van der Waals surface area contributed by atoms with Gasteiger partial charge in [0.15, 0.2) is 0 Å². The van der Waals surface area contributed by atoms with Gasteiger partial charge in [0.1, 0.15) is 11.5 Å². The molecule has 1 fully saturated rings. The standard InChI is InChI=1S/C28H28F3NO2/c29-28(30,31)22-9-7-20(8-10-22)25-18-34-26-12-11-23(33)17-24(26)27(25)21-5-3-19(4-6-21)13-16-32-14-1-2-15-32/h3-12,17,25,27,33H,1-2,13-16,18H2/t25-,27?/m1/s1. The topological polar surface area (TPSA) is 32.7 Å². The summed E-state index contributed by atoms with van der Waals surface area (Å²) in [6.07, 6.45) is -0.821. The highest BCUT2D eigenvalue weighted by Crippen LogP contribution is 2.47. The molecule has 2 aliphatic rings. The van der Waals surface area contributed by atoms with Crippen molar-refractivity contribution in [1.29, 1.82) is 0 Å². The summed E-state index contributed by atoms with van der Waals surface area (Å²) in [5, 5.41) is 10.2. The lowest BCUT2D eigenvalue weighted by atomic mass is 9.75. The average molecular weight is 468 g/mol. The number of nitrogens with zero attached hydrogens (tertiary/aromatic N) is 1. The zero-order chi connectivity index (χ0) is 23.7. The van der Waals surface area contributed by atoms with Crippen LogP contribution in [0.25, 0.3) is 0 Å². The van der Waals surface area contributed by atoms with Gasteiger partial charge in [0.2, 0.25) is 0 Å². The SMILES string of the molecule is Oc1ccc2c(c1)C(c1ccc(CCN3CCCC3)cc1)[C@@H](c1ccc(C(F)(F)F)cc1)CO2. The van der Waals surface area contributed by atoms with Gasteiger partial charge in [-0.3, -0.25) is 0 Å². The van der Waals surface area contributed by atoms with E-state index in [0.717, 1.165) is 41.8 Å². The molecular formula is C28H28F3NO2. The molecule has 6 heteroatoms. The fourth-order valence-electron chi connectivity index (χ4n) is 5.21. The van der Waals surface area contributed by atoms with Crippen LogP contribution in [0.15, 0.2) is 66.7 Å². The Morgan fingerprint density at radius 1 is 0.882 bits per heavy atom. The molecule has 2 aliphatic heterocycles. The van der Waals surface area contributed by atoms with Gasteiger partial charge in [-0.2, -0.15) is 13.2 Å². The number of ether oxygens (including phenoxy) is 1. The van der Waals surface area contributed by atoms with E-state index in [0.29, 0.717) is 12.4 Å². The fraction of sp³-hybridized carbons (Fsp3) is 0.357. The zero-order valence-electron chi connectivity index (χ0n) is 18.9. The first-order valence-electron chi connectivity index (χ1n) is 11.8. The summed E-state index contributed by atoms with van der Waals surface area (Å²) in [6.45, 7) is 3.76. The molecule has 3 nitrogen and oxygen atoms in total. The number of hydrogen-bond acceptors (Lipinski definition) is 3. The van der Waals surface area contributed by atoms with Crippen molar-refractivity contribution < 1.29 is 23.0 Å². The summed E-state index contributed by atoms with van der Waals surface area (Å²) >= 11 is 0. The van der Waals surface area contributed by atoms with E-state index in [1.807, 2.05) is 0 Å². The van der Waals surface area contributed by atoms with Crippen LogP contribution in [0.1, 0.15) is 52.5 Å². The molecule has 3 aromatic carbocycles. The van der Waals surface area contributed by atoms with Gasteiger partial charge in [0.25, 0.3) is 0 Å². The minimum atomic E-state index is -4.37. The van der Waals surface area contributed by atoms with Crippen LogP contribution in [0, 0.1) is 0 Å². The van der Waals surface area contributed by atoms with Crippen molar-refractivity contribution in [1.82, 2.24) is 4.90 Å². The van der Waals surface area contributed by atoms with Crippen LogP contribution < -0.4 is 4.74 Å². The molecule has 0 bridgehead atoms. The van der Waals surface area contributed by atoms with Crippen molar-refractivity contribution in [3.05, 3.63) is 94.5 Å². The molecule has 0 amide bonds. The van der Waals surface area contributed by atoms with Crippen molar-refractivity contribution in [3.63, 3.8) is 0 Å². The summed E-state index contributed by atoms with van der Waals surface area (Å²) in [4.78, 5) is 2.49.